The van der Waals surface area contributed by atoms with Crippen molar-refractivity contribution in [2.75, 3.05) is 0 Å². The maximum absolute atomic E-state index is 15.7. The van der Waals surface area contributed by atoms with Gasteiger partial charge in [-0.3, -0.25) is 0 Å². The van der Waals surface area contributed by atoms with Crippen LogP contribution < -0.4 is 4.74 Å². The van der Waals surface area contributed by atoms with Gasteiger partial charge in [0.1, 0.15) is 24.1 Å². The molecule has 0 unspecified atom stereocenters. The molecule has 0 aliphatic carbocycles. The second-order valence-corrected chi connectivity index (χ2v) is 11.1. The zero-order valence-corrected chi connectivity index (χ0v) is 25.5. The number of imidazole rings is 2. The number of rotatable bonds is 12. The Labute approximate surface area is 269 Å². The summed E-state index contributed by atoms with van der Waals surface area (Å²) in [5.74, 6) is -1.21. The van der Waals surface area contributed by atoms with Crippen molar-refractivity contribution in [3.05, 3.63) is 131 Å². The van der Waals surface area contributed by atoms with Crippen LogP contribution in [0.2, 0.25) is 0 Å². The van der Waals surface area contributed by atoms with Crippen molar-refractivity contribution in [3.63, 3.8) is 0 Å². The third-order valence-electron chi connectivity index (χ3n) is 7.92. The van der Waals surface area contributed by atoms with Gasteiger partial charge in [0.25, 0.3) is 0 Å². The number of aryl methyl sites for hydroxylation is 1. The topological polar surface area (TPSA) is 119 Å². The highest BCUT2D eigenvalue weighted by Gasteiger charge is 2.18. The summed E-state index contributed by atoms with van der Waals surface area (Å²) >= 11 is 0. The Morgan fingerprint density at radius 2 is 1.83 bits per heavy atom. The number of benzene rings is 3. The van der Waals surface area contributed by atoms with Gasteiger partial charge in [0.05, 0.1) is 52.5 Å². The number of aromatic nitrogens is 5. The zero-order chi connectivity index (χ0) is 32.9. The number of aromatic carboxylic acids is 1. The summed E-state index contributed by atoms with van der Waals surface area (Å²) in [6.45, 7) is 3.22. The molecule has 0 amide bonds. The molecule has 6 rings (SSSR count). The molecule has 0 radical (unpaired) electrons. The maximum Gasteiger partial charge on any atom is 0.335 e. The van der Waals surface area contributed by atoms with Crippen LogP contribution in [0.25, 0.3) is 22.3 Å². The molecule has 0 fully saturated rings. The van der Waals surface area contributed by atoms with Crippen molar-refractivity contribution in [1.29, 1.82) is 5.26 Å². The largest absolute Gasteiger partial charge is 0.478 e. The number of carboxylic acids is 1. The predicted molar refractivity (Wildman–Crippen MR) is 171 cm³/mol. The van der Waals surface area contributed by atoms with Gasteiger partial charge in [-0.2, -0.15) is 5.26 Å². The molecule has 1 N–H and O–H groups in total. The molecule has 0 spiro atoms. The van der Waals surface area contributed by atoms with Crippen molar-refractivity contribution in [1.82, 2.24) is 24.1 Å². The van der Waals surface area contributed by atoms with E-state index in [1.54, 1.807) is 55.0 Å². The van der Waals surface area contributed by atoms with Crippen molar-refractivity contribution in [2.24, 2.45) is 0 Å². The highest BCUT2D eigenvalue weighted by molar-refractivity contribution is 5.92. The highest BCUT2D eigenvalue weighted by Crippen LogP contribution is 2.27. The molecule has 3 aromatic carbocycles. The molecule has 0 saturated carbocycles. The normalized spacial score (nSPS) is 11.1. The summed E-state index contributed by atoms with van der Waals surface area (Å²) in [4.78, 5) is 25.3. The van der Waals surface area contributed by atoms with Gasteiger partial charge in [-0.1, -0.05) is 37.6 Å². The van der Waals surface area contributed by atoms with Crippen LogP contribution in [0.15, 0.2) is 85.3 Å². The summed E-state index contributed by atoms with van der Waals surface area (Å²) in [7, 11) is 0. The molecule has 0 bridgehead atoms. The molecule has 6 aromatic rings. The minimum Gasteiger partial charge on any atom is -0.478 e. The number of carboxylic acid groups (broad SMARTS) is 1. The van der Waals surface area contributed by atoms with Crippen LogP contribution in [-0.2, 0) is 26.1 Å². The van der Waals surface area contributed by atoms with Crippen LogP contribution in [-0.4, -0.2) is 35.2 Å². The third kappa shape index (κ3) is 6.87. The van der Waals surface area contributed by atoms with E-state index < -0.39 is 17.6 Å². The number of halogens is 2. The summed E-state index contributed by atoms with van der Waals surface area (Å²) in [5.41, 5.74) is 4.24. The Hall–Kier alpha value is -5.89. The summed E-state index contributed by atoms with van der Waals surface area (Å²) in [5, 5.41) is 18.6. The van der Waals surface area contributed by atoms with Gasteiger partial charge in [-0.05, 0) is 54.4 Å². The van der Waals surface area contributed by atoms with Gasteiger partial charge in [0.2, 0.25) is 5.88 Å². The average Bonchev–Trinajstić information content (AvgIpc) is 3.67. The van der Waals surface area contributed by atoms with Crippen molar-refractivity contribution in [3.8, 4) is 23.2 Å². The number of hydrogen-bond acceptors (Lipinski definition) is 6. The van der Waals surface area contributed by atoms with Crippen LogP contribution >= 0.6 is 0 Å². The molecular formula is C36H30F2N6O3. The van der Waals surface area contributed by atoms with E-state index in [2.05, 4.69) is 21.5 Å². The zero-order valence-electron chi connectivity index (χ0n) is 25.5. The molecule has 11 heteroatoms. The number of unbranched alkanes of at least 4 members (excludes halogenated alkanes) is 1. The molecule has 9 nitrogen and oxygen atoms in total. The molecule has 0 atom stereocenters. The Bertz CT molecular complexity index is 2130. The van der Waals surface area contributed by atoms with Gasteiger partial charge in [0.15, 0.2) is 0 Å². The van der Waals surface area contributed by atoms with Crippen molar-refractivity contribution in [2.45, 2.75) is 45.9 Å². The second-order valence-electron chi connectivity index (χ2n) is 11.1. The van der Waals surface area contributed by atoms with Gasteiger partial charge in [-0.15, -0.1) is 0 Å². The SMILES string of the molecule is CCCCn1cncc1Cn1c(Cc2ccc(-c3cccc(OCc4ccc(C#N)cc4F)n3)cc2F)nc2ccc(C(=O)O)cc21. The summed E-state index contributed by atoms with van der Waals surface area (Å²) in [6, 6.07) is 20.8. The quantitative estimate of drug-likeness (QED) is 0.152. The van der Waals surface area contributed by atoms with E-state index >= 15 is 4.39 Å². The van der Waals surface area contributed by atoms with Crippen LogP contribution in [0.3, 0.4) is 0 Å². The molecule has 236 valence electrons. The van der Waals surface area contributed by atoms with Crippen molar-refractivity contribution < 1.29 is 23.4 Å². The second kappa shape index (κ2) is 13.6. The molecular weight excluding hydrogens is 602 g/mol. The lowest BCUT2D eigenvalue weighted by molar-refractivity contribution is 0.0697. The van der Waals surface area contributed by atoms with E-state index in [4.69, 9.17) is 15.0 Å². The molecule has 0 aliphatic heterocycles. The van der Waals surface area contributed by atoms with E-state index in [0.717, 1.165) is 31.1 Å². The lowest BCUT2D eigenvalue weighted by Gasteiger charge is -2.13. The number of nitriles is 1. The van der Waals surface area contributed by atoms with Crippen LogP contribution in [0.5, 0.6) is 5.88 Å². The van der Waals surface area contributed by atoms with E-state index in [1.165, 1.54) is 24.3 Å². The molecule has 3 heterocycles. The monoisotopic (exact) mass is 632 g/mol. The van der Waals surface area contributed by atoms with E-state index in [-0.39, 0.29) is 35.6 Å². The predicted octanol–water partition coefficient (Wildman–Crippen LogP) is 7.16. The first kappa shape index (κ1) is 31.1. The molecule has 0 aliphatic rings. The van der Waals surface area contributed by atoms with Gasteiger partial charge < -0.3 is 19.0 Å². The first-order valence-electron chi connectivity index (χ1n) is 15.1. The number of carbonyl (C=O) groups is 1. The Balaban J connectivity index is 1.26. The highest BCUT2D eigenvalue weighted by atomic mass is 19.1. The molecule has 47 heavy (non-hydrogen) atoms. The third-order valence-corrected chi connectivity index (χ3v) is 7.92. The van der Waals surface area contributed by atoms with Gasteiger partial charge in [-0.25, -0.2) is 28.5 Å². The fraction of sp³-hybridized carbons (Fsp3) is 0.194. The summed E-state index contributed by atoms with van der Waals surface area (Å²) in [6.07, 6.45) is 5.75. The number of hydrogen-bond donors (Lipinski definition) is 1. The van der Waals surface area contributed by atoms with Crippen LogP contribution in [0, 0.1) is 23.0 Å². The Morgan fingerprint density at radius 1 is 1.00 bits per heavy atom. The first-order valence-corrected chi connectivity index (χ1v) is 15.1. The Kier molecular flexibility index (Phi) is 9.02. The molecule has 3 aromatic heterocycles. The molecule has 0 saturated heterocycles. The Morgan fingerprint density at radius 3 is 2.60 bits per heavy atom. The van der Waals surface area contributed by atoms with Crippen molar-refractivity contribution >= 4 is 17.0 Å². The average molecular weight is 633 g/mol. The number of ether oxygens (including phenoxy) is 1. The van der Waals surface area contributed by atoms with Gasteiger partial charge >= 0.3 is 5.97 Å². The number of nitrogens with zero attached hydrogens (tertiary/aromatic N) is 6. The smallest absolute Gasteiger partial charge is 0.335 e. The number of pyridine rings is 1. The minimum atomic E-state index is -1.04. The standard InChI is InChI=1S/C36H30F2N6O3/c1-2-3-13-43-22-40-19-28(43)20-44-33-16-26(36(45)46)11-12-32(33)41-34(44)17-24-9-10-25(15-30(24)38)31-5-4-6-35(42-31)47-21-27-8-7-23(18-39)14-29(27)37/h4-12,14-16,19,22H,2-3,13,17,20-21H2,1H3,(H,45,46). The number of fused-ring (bicyclic) bond motifs is 1. The summed E-state index contributed by atoms with van der Waals surface area (Å²) < 4.78 is 39.7. The maximum atomic E-state index is 15.7. The fourth-order valence-corrected chi connectivity index (χ4v) is 5.35. The lowest BCUT2D eigenvalue weighted by Crippen LogP contribution is -2.11. The van der Waals surface area contributed by atoms with Crippen LogP contribution in [0.1, 0.15) is 58.3 Å². The lowest BCUT2D eigenvalue weighted by atomic mass is 10.1. The van der Waals surface area contributed by atoms with E-state index in [0.29, 0.717) is 40.2 Å². The fourth-order valence-electron chi connectivity index (χ4n) is 5.35. The van der Waals surface area contributed by atoms with Crippen LogP contribution in [0.4, 0.5) is 8.78 Å². The van der Waals surface area contributed by atoms with E-state index in [9.17, 15) is 14.3 Å². The van der Waals surface area contributed by atoms with E-state index in [1.807, 2.05) is 10.6 Å². The van der Waals surface area contributed by atoms with Gasteiger partial charge in [0, 0.05) is 36.4 Å². The minimum absolute atomic E-state index is 0.0877. The first-order chi connectivity index (χ1) is 22.8.